The summed E-state index contributed by atoms with van der Waals surface area (Å²) in [6.45, 7) is 0.322. The van der Waals surface area contributed by atoms with Gasteiger partial charge < -0.3 is 10.4 Å². The summed E-state index contributed by atoms with van der Waals surface area (Å²) in [6, 6.07) is 7.30. The molecule has 2 N–H and O–H groups in total. The van der Waals surface area contributed by atoms with E-state index in [-0.39, 0.29) is 17.7 Å². The van der Waals surface area contributed by atoms with Crippen molar-refractivity contribution in [3.63, 3.8) is 0 Å². The Morgan fingerprint density at radius 1 is 1.19 bits per heavy atom. The van der Waals surface area contributed by atoms with E-state index in [4.69, 9.17) is 11.6 Å². The second kappa shape index (κ2) is 5.53. The Bertz CT molecular complexity index is 613. The lowest BCUT2D eigenvalue weighted by molar-refractivity contribution is -0.147. The number of fused-ring (bicyclic) bond motifs is 2. The van der Waals surface area contributed by atoms with Gasteiger partial charge in [-0.2, -0.15) is 0 Å². The first kappa shape index (κ1) is 14.1. The molecule has 5 heteroatoms. The third kappa shape index (κ3) is 2.56. The fourth-order valence-electron chi connectivity index (χ4n) is 3.46. The van der Waals surface area contributed by atoms with Crippen LogP contribution >= 0.6 is 11.6 Å². The smallest absolute Gasteiger partial charge is 0.307 e. The van der Waals surface area contributed by atoms with Gasteiger partial charge in [-0.3, -0.25) is 9.59 Å². The van der Waals surface area contributed by atoms with Gasteiger partial charge in [-0.05, 0) is 29.9 Å². The Kier molecular flexibility index (Phi) is 3.72. The first-order valence-corrected chi connectivity index (χ1v) is 7.38. The Balaban J connectivity index is 1.69. The molecule has 1 aromatic rings. The van der Waals surface area contributed by atoms with Crippen LogP contribution in [0.4, 0.5) is 0 Å². The Morgan fingerprint density at radius 2 is 1.86 bits per heavy atom. The number of benzene rings is 1. The number of halogens is 1. The molecule has 0 saturated heterocycles. The Labute approximate surface area is 127 Å². The number of nitrogens with one attached hydrogen (secondary N) is 1. The fourth-order valence-corrected chi connectivity index (χ4v) is 3.66. The van der Waals surface area contributed by atoms with E-state index in [0.717, 1.165) is 12.0 Å². The quantitative estimate of drug-likeness (QED) is 0.840. The zero-order chi connectivity index (χ0) is 15.0. The molecule has 1 saturated carbocycles. The van der Waals surface area contributed by atoms with Crippen LogP contribution in [0.5, 0.6) is 0 Å². The molecule has 2 bridgehead atoms. The van der Waals surface area contributed by atoms with Crippen molar-refractivity contribution in [2.75, 3.05) is 0 Å². The highest BCUT2D eigenvalue weighted by atomic mass is 35.5. The minimum absolute atomic E-state index is 0.0106. The zero-order valence-electron chi connectivity index (χ0n) is 11.3. The van der Waals surface area contributed by atoms with Gasteiger partial charge in [0.1, 0.15) is 0 Å². The van der Waals surface area contributed by atoms with Gasteiger partial charge in [-0.15, -0.1) is 0 Å². The van der Waals surface area contributed by atoms with Crippen LogP contribution < -0.4 is 5.32 Å². The summed E-state index contributed by atoms with van der Waals surface area (Å²) in [4.78, 5) is 23.8. The summed E-state index contributed by atoms with van der Waals surface area (Å²) in [7, 11) is 0. The molecule has 21 heavy (non-hydrogen) atoms. The number of carbonyl (C=O) groups is 2. The maximum atomic E-state index is 12.4. The van der Waals surface area contributed by atoms with E-state index in [9.17, 15) is 14.7 Å². The summed E-state index contributed by atoms with van der Waals surface area (Å²) >= 11 is 6.05. The summed E-state index contributed by atoms with van der Waals surface area (Å²) < 4.78 is 0. The minimum Gasteiger partial charge on any atom is -0.481 e. The predicted octanol–water partition coefficient (Wildman–Crippen LogP) is 2.48. The molecule has 0 aromatic heterocycles. The maximum absolute atomic E-state index is 12.4. The van der Waals surface area contributed by atoms with Crippen molar-refractivity contribution in [2.24, 2.45) is 23.7 Å². The van der Waals surface area contributed by atoms with Gasteiger partial charge in [0.2, 0.25) is 5.91 Å². The van der Waals surface area contributed by atoms with Crippen LogP contribution in [0.25, 0.3) is 0 Å². The van der Waals surface area contributed by atoms with Gasteiger partial charge in [-0.25, -0.2) is 0 Å². The van der Waals surface area contributed by atoms with Crippen molar-refractivity contribution < 1.29 is 14.7 Å². The average Bonchev–Trinajstić information content (AvgIpc) is 3.06. The van der Waals surface area contributed by atoms with Crippen molar-refractivity contribution in [1.82, 2.24) is 5.32 Å². The molecular weight excluding hydrogens is 290 g/mol. The van der Waals surface area contributed by atoms with Gasteiger partial charge >= 0.3 is 5.97 Å². The topological polar surface area (TPSA) is 66.4 Å². The number of hydrogen-bond donors (Lipinski definition) is 2. The van der Waals surface area contributed by atoms with Gasteiger partial charge in [0.25, 0.3) is 0 Å². The van der Waals surface area contributed by atoms with Crippen molar-refractivity contribution in [3.05, 3.63) is 47.0 Å². The van der Waals surface area contributed by atoms with Crippen LogP contribution in [-0.2, 0) is 16.1 Å². The highest BCUT2D eigenvalue weighted by Gasteiger charge is 2.51. The van der Waals surface area contributed by atoms with Crippen LogP contribution in [0.2, 0.25) is 5.02 Å². The van der Waals surface area contributed by atoms with E-state index in [1.165, 1.54) is 0 Å². The molecule has 0 heterocycles. The highest BCUT2D eigenvalue weighted by molar-refractivity contribution is 6.31. The van der Waals surface area contributed by atoms with Crippen molar-refractivity contribution in [2.45, 2.75) is 13.0 Å². The first-order chi connectivity index (χ1) is 10.1. The van der Waals surface area contributed by atoms with Crippen molar-refractivity contribution in [3.8, 4) is 0 Å². The standard InChI is InChI=1S/C16H16ClNO3/c17-12-4-2-1-3-11(12)8-18-15(19)13-9-5-6-10(7-9)14(13)16(20)21/h1-6,9-10,13-14H,7-8H2,(H,18,19)(H,20,21)/t9?,10?,13-,14+/m0/s1. The number of carbonyl (C=O) groups excluding carboxylic acids is 1. The predicted molar refractivity (Wildman–Crippen MR) is 78.7 cm³/mol. The van der Waals surface area contributed by atoms with Crippen LogP contribution in [0.15, 0.2) is 36.4 Å². The summed E-state index contributed by atoms with van der Waals surface area (Å²) in [5, 5.41) is 12.8. The van der Waals surface area contributed by atoms with Gasteiger partial charge in [0, 0.05) is 11.6 Å². The molecule has 110 valence electrons. The first-order valence-electron chi connectivity index (χ1n) is 7.00. The number of hydrogen-bond acceptors (Lipinski definition) is 2. The van der Waals surface area contributed by atoms with Gasteiger partial charge in [-0.1, -0.05) is 42.0 Å². The molecule has 0 spiro atoms. The number of amides is 1. The molecule has 0 radical (unpaired) electrons. The van der Waals surface area contributed by atoms with E-state index in [2.05, 4.69) is 5.32 Å². The lowest BCUT2D eigenvalue weighted by atomic mass is 9.82. The second-order valence-corrected chi connectivity index (χ2v) is 6.05. The summed E-state index contributed by atoms with van der Waals surface area (Å²) in [6.07, 6.45) is 4.67. The number of allylic oxidation sites excluding steroid dienone is 2. The van der Waals surface area contributed by atoms with Crippen LogP contribution in [0, 0.1) is 23.7 Å². The van der Waals surface area contributed by atoms with Crippen molar-refractivity contribution in [1.29, 1.82) is 0 Å². The maximum Gasteiger partial charge on any atom is 0.307 e. The molecule has 1 fully saturated rings. The normalized spacial score (nSPS) is 29.6. The van der Waals surface area contributed by atoms with E-state index >= 15 is 0 Å². The molecule has 2 aliphatic rings. The molecule has 1 amide bonds. The van der Waals surface area contributed by atoms with E-state index in [1.54, 1.807) is 6.07 Å². The highest BCUT2D eigenvalue weighted by Crippen LogP contribution is 2.48. The number of aliphatic carboxylic acids is 1. The summed E-state index contributed by atoms with van der Waals surface area (Å²) in [5.41, 5.74) is 0.832. The lowest BCUT2D eigenvalue weighted by Gasteiger charge is -2.23. The molecule has 1 aromatic carbocycles. The number of carboxylic acids is 1. The molecule has 2 unspecified atom stereocenters. The minimum atomic E-state index is -0.884. The Hall–Kier alpha value is -1.81. The molecule has 4 nitrogen and oxygen atoms in total. The van der Waals surface area contributed by atoms with Crippen LogP contribution in [0.3, 0.4) is 0 Å². The third-order valence-electron chi connectivity index (χ3n) is 4.46. The third-order valence-corrected chi connectivity index (χ3v) is 4.83. The molecule has 3 rings (SSSR count). The number of rotatable bonds is 4. The lowest BCUT2D eigenvalue weighted by Crippen LogP contribution is -2.39. The average molecular weight is 306 g/mol. The SMILES string of the molecule is O=C(O)[C@@H]1C2C=CC(C2)[C@@H]1C(=O)NCc1ccccc1Cl. The van der Waals surface area contributed by atoms with Crippen molar-refractivity contribution >= 4 is 23.5 Å². The fraction of sp³-hybridized carbons (Fsp3) is 0.375. The second-order valence-electron chi connectivity index (χ2n) is 5.65. The zero-order valence-corrected chi connectivity index (χ0v) is 12.1. The largest absolute Gasteiger partial charge is 0.481 e. The molecular formula is C16H16ClNO3. The molecule has 4 atom stereocenters. The van der Waals surface area contributed by atoms with Crippen LogP contribution in [0.1, 0.15) is 12.0 Å². The number of carboxylic acid groups (broad SMARTS) is 1. The van der Waals surface area contributed by atoms with Gasteiger partial charge in [0.15, 0.2) is 0 Å². The Morgan fingerprint density at radius 3 is 2.52 bits per heavy atom. The van der Waals surface area contributed by atoms with E-state index < -0.39 is 17.8 Å². The van der Waals surface area contributed by atoms with Gasteiger partial charge in [0.05, 0.1) is 11.8 Å². The van der Waals surface area contributed by atoms with E-state index in [1.807, 2.05) is 30.4 Å². The molecule has 2 aliphatic carbocycles. The molecule has 0 aliphatic heterocycles. The van der Waals surface area contributed by atoms with E-state index in [0.29, 0.717) is 11.6 Å². The monoisotopic (exact) mass is 305 g/mol. The summed E-state index contributed by atoms with van der Waals surface area (Å²) in [5.74, 6) is -2.12. The van der Waals surface area contributed by atoms with Crippen LogP contribution in [-0.4, -0.2) is 17.0 Å².